The SMILES string of the molecule is Cc1cc(S(=O)(=O)Nc2nnc(C3CC3)o2)ccc1Br. The van der Waals surface area contributed by atoms with Crippen LogP contribution in [0.5, 0.6) is 0 Å². The number of hydrogen-bond donors (Lipinski definition) is 1. The van der Waals surface area contributed by atoms with Gasteiger partial charge in [0.25, 0.3) is 10.0 Å². The normalized spacial score (nSPS) is 15.3. The Morgan fingerprint density at radius 2 is 2.10 bits per heavy atom. The molecule has 8 heteroatoms. The van der Waals surface area contributed by atoms with Crippen molar-refractivity contribution in [2.45, 2.75) is 30.6 Å². The van der Waals surface area contributed by atoms with Crippen LogP contribution in [0, 0.1) is 6.92 Å². The van der Waals surface area contributed by atoms with Crippen LogP contribution in [0.1, 0.15) is 30.2 Å². The first-order valence-electron chi connectivity index (χ1n) is 6.08. The quantitative estimate of drug-likeness (QED) is 0.909. The monoisotopic (exact) mass is 357 g/mol. The molecule has 0 spiro atoms. The smallest absolute Gasteiger partial charge is 0.329 e. The van der Waals surface area contributed by atoms with E-state index in [1.54, 1.807) is 12.1 Å². The number of benzene rings is 1. The van der Waals surface area contributed by atoms with E-state index in [4.69, 9.17) is 4.42 Å². The van der Waals surface area contributed by atoms with E-state index in [9.17, 15) is 8.42 Å². The first kappa shape index (κ1) is 13.6. The molecule has 1 aromatic heterocycles. The molecule has 0 bridgehead atoms. The van der Waals surface area contributed by atoms with E-state index in [1.807, 2.05) is 6.92 Å². The van der Waals surface area contributed by atoms with Gasteiger partial charge in [-0.3, -0.25) is 0 Å². The molecular weight excluding hydrogens is 346 g/mol. The minimum atomic E-state index is -3.71. The summed E-state index contributed by atoms with van der Waals surface area (Å²) in [5, 5.41) is 7.55. The van der Waals surface area contributed by atoms with Gasteiger partial charge in [0, 0.05) is 10.4 Å². The molecule has 0 amide bonds. The maximum Gasteiger partial charge on any atom is 0.329 e. The molecule has 3 rings (SSSR count). The van der Waals surface area contributed by atoms with Crippen molar-refractivity contribution < 1.29 is 12.8 Å². The van der Waals surface area contributed by atoms with Gasteiger partial charge in [-0.15, -0.1) is 5.10 Å². The zero-order valence-electron chi connectivity index (χ0n) is 10.6. The molecule has 106 valence electrons. The fourth-order valence-corrected chi connectivity index (χ4v) is 2.99. The predicted molar refractivity (Wildman–Crippen MR) is 76.0 cm³/mol. The summed E-state index contributed by atoms with van der Waals surface area (Å²) in [6.07, 6.45) is 2.03. The molecule has 0 aliphatic heterocycles. The lowest BCUT2D eigenvalue weighted by Gasteiger charge is -2.05. The fourth-order valence-electron chi connectivity index (χ4n) is 1.73. The molecule has 0 saturated heterocycles. The highest BCUT2D eigenvalue weighted by Crippen LogP contribution is 2.39. The number of aromatic nitrogens is 2. The number of halogens is 1. The Bertz CT molecular complexity index is 753. The van der Waals surface area contributed by atoms with Crippen molar-refractivity contribution >= 4 is 32.0 Å². The molecule has 1 saturated carbocycles. The third-order valence-corrected chi connectivity index (χ3v) is 5.24. The Balaban J connectivity index is 1.84. The summed E-state index contributed by atoms with van der Waals surface area (Å²) in [5.74, 6) is 0.783. The van der Waals surface area contributed by atoms with E-state index in [2.05, 4.69) is 30.8 Å². The van der Waals surface area contributed by atoms with Gasteiger partial charge in [-0.05, 0) is 43.5 Å². The first-order valence-corrected chi connectivity index (χ1v) is 8.36. The molecule has 20 heavy (non-hydrogen) atoms. The van der Waals surface area contributed by atoms with Crippen LogP contribution in [0.25, 0.3) is 0 Å². The topological polar surface area (TPSA) is 85.1 Å². The van der Waals surface area contributed by atoms with Gasteiger partial charge in [-0.2, -0.15) is 0 Å². The molecule has 0 unspecified atom stereocenters. The molecule has 1 aromatic carbocycles. The summed E-state index contributed by atoms with van der Waals surface area (Å²) in [6, 6.07) is 4.68. The molecule has 1 aliphatic rings. The summed E-state index contributed by atoms with van der Waals surface area (Å²) in [5.41, 5.74) is 0.831. The van der Waals surface area contributed by atoms with Crippen molar-refractivity contribution in [1.29, 1.82) is 0 Å². The van der Waals surface area contributed by atoms with Crippen molar-refractivity contribution in [2.24, 2.45) is 0 Å². The molecule has 0 atom stereocenters. The van der Waals surface area contributed by atoms with Gasteiger partial charge in [-0.25, -0.2) is 13.1 Å². The number of sulfonamides is 1. The lowest BCUT2D eigenvalue weighted by Crippen LogP contribution is -2.13. The Morgan fingerprint density at radius 3 is 2.75 bits per heavy atom. The van der Waals surface area contributed by atoms with Crippen molar-refractivity contribution in [3.63, 3.8) is 0 Å². The van der Waals surface area contributed by atoms with Gasteiger partial charge >= 0.3 is 6.01 Å². The molecular formula is C12H12BrN3O3S. The standard InChI is InChI=1S/C12H12BrN3O3S/c1-7-6-9(4-5-10(7)13)20(17,18)16-12-15-14-11(19-12)8-2-3-8/h4-6,8H,2-3H2,1H3,(H,15,16). The van der Waals surface area contributed by atoms with Crippen LogP contribution in [-0.4, -0.2) is 18.6 Å². The van der Waals surface area contributed by atoms with Crippen LogP contribution >= 0.6 is 15.9 Å². The number of nitrogens with one attached hydrogen (secondary N) is 1. The van der Waals surface area contributed by atoms with Crippen LogP contribution < -0.4 is 4.72 Å². The third-order valence-electron chi connectivity index (χ3n) is 3.03. The van der Waals surface area contributed by atoms with Crippen molar-refractivity contribution in [1.82, 2.24) is 10.2 Å². The van der Waals surface area contributed by atoms with E-state index >= 15 is 0 Å². The van der Waals surface area contributed by atoms with Crippen molar-refractivity contribution in [3.05, 3.63) is 34.1 Å². The number of nitrogens with zero attached hydrogens (tertiary/aromatic N) is 2. The van der Waals surface area contributed by atoms with Gasteiger partial charge in [-0.1, -0.05) is 21.0 Å². The van der Waals surface area contributed by atoms with Gasteiger partial charge in [0.2, 0.25) is 5.89 Å². The zero-order valence-corrected chi connectivity index (χ0v) is 13.0. The summed E-state index contributed by atoms with van der Waals surface area (Å²) in [4.78, 5) is 0.157. The fraction of sp³-hybridized carbons (Fsp3) is 0.333. The third kappa shape index (κ3) is 2.71. The van der Waals surface area contributed by atoms with E-state index in [-0.39, 0.29) is 16.8 Å². The van der Waals surface area contributed by atoms with Gasteiger partial charge < -0.3 is 4.42 Å². The Kier molecular flexibility index (Phi) is 3.29. The summed E-state index contributed by atoms with van der Waals surface area (Å²) >= 11 is 3.33. The average molecular weight is 358 g/mol. The Hall–Kier alpha value is -1.41. The Labute approximate surface area is 124 Å². The highest BCUT2D eigenvalue weighted by atomic mass is 79.9. The van der Waals surface area contributed by atoms with E-state index < -0.39 is 10.0 Å². The highest BCUT2D eigenvalue weighted by molar-refractivity contribution is 9.10. The first-order chi connectivity index (χ1) is 9.45. The average Bonchev–Trinajstić information content (AvgIpc) is 3.14. The summed E-state index contributed by atoms with van der Waals surface area (Å²) in [7, 11) is -3.71. The second-order valence-electron chi connectivity index (χ2n) is 4.74. The van der Waals surface area contributed by atoms with Gasteiger partial charge in [0.05, 0.1) is 4.90 Å². The molecule has 1 N–H and O–H groups in total. The zero-order chi connectivity index (χ0) is 14.3. The van der Waals surface area contributed by atoms with Crippen LogP contribution in [0.3, 0.4) is 0 Å². The van der Waals surface area contributed by atoms with Crippen LogP contribution in [0.15, 0.2) is 32.0 Å². The molecule has 1 heterocycles. The predicted octanol–water partition coefficient (Wildman–Crippen LogP) is 2.82. The van der Waals surface area contributed by atoms with E-state index in [0.717, 1.165) is 22.9 Å². The Morgan fingerprint density at radius 1 is 1.35 bits per heavy atom. The number of anilines is 1. The lowest BCUT2D eigenvalue weighted by atomic mass is 10.2. The van der Waals surface area contributed by atoms with Crippen LogP contribution in [0.4, 0.5) is 6.01 Å². The minimum Gasteiger partial charge on any atom is -0.407 e. The maximum absolute atomic E-state index is 12.2. The number of aryl methyl sites for hydroxylation is 1. The number of rotatable bonds is 4. The van der Waals surface area contributed by atoms with Gasteiger partial charge in [0.15, 0.2) is 0 Å². The molecule has 1 fully saturated rings. The maximum atomic E-state index is 12.2. The minimum absolute atomic E-state index is 0.0903. The van der Waals surface area contributed by atoms with Crippen LogP contribution in [-0.2, 0) is 10.0 Å². The summed E-state index contributed by atoms with van der Waals surface area (Å²) in [6.45, 7) is 1.82. The van der Waals surface area contributed by atoms with E-state index in [0.29, 0.717) is 5.89 Å². The van der Waals surface area contributed by atoms with Gasteiger partial charge in [0.1, 0.15) is 0 Å². The van der Waals surface area contributed by atoms with E-state index in [1.165, 1.54) is 6.07 Å². The molecule has 1 aliphatic carbocycles. The molecule has 6 nitrogen and oxygen atoms in total. The molecule has 0 radical (unpaired) electrons. The summed E-state index contributed by atoms with van der Waals surface area (Å²) < 4.78 is 32.9. The van der Waals surface area contributed by atoms with Crippen LogP contribution in [0.2, 0.25) is 0 Å². The molecule has 2 aromatic rings. The second-order valence-corrected chi connectivity index (χ2v) is 7.27. The van der Waals surface area contributed by atoms with Crippen molar-refractivity contribution in [3.8, 4) is 0 Å². The lowest BCUT2D eigenvalue weighted by molar-refractivity contribution is 0.510. The number of hydrogen-bond acceptors (Lipinski definition) is 5. The largest absolute Gasteiger partial charge is 0.407 e. The second kappa shape index (κ2) is 4.85. The van der Waals surface area contributed by atoms with Crippen molar-refractivity contribution in [2.75, 3.05) is 4.72 Å². The highest BCUT2D eigenvalue weighted by Gasteiger charge is 2.30.